The average Bonchev–Trinajstić information content (AvgIpc) is 2.34. The number of unbranched alkanes of at least 4 members (excludes halogenated alkanes) is 3. The van der Waals surface area contributed by atoms with E-state index in [-0.39, 0.29) is 6.09 Å². The van der Waals surface area contributed by atoms with Crippen LogP contribution in [0.2, 0.25) is 0 Å². The molecule has 1 atom stereocenters. The lowest BCUT2D eigenvalue weighted by atomic mass is 10.00. The van der Waals surface area contributed by atoms with Crippen molar-refractivity contribution in [3.05, 3.63) is 0 Å². The minimum Gasteiger partial charge on any atom is -0.449 e. The Morgan fingerprint density at radius 2 is 1.67 bits per heavy atom. The molecule has 0 saturated carbocycles. The molecule has 1 amide bonds. The summed E-state index contributed by atoms with van der Waals surface area (Å²) in [6, 6.07) is 0. The zero-order valence-corrected chi connectivity index (χ0v) is 12.4. The Morgan fingerprint density at radius 3 is 2.22 bits per heavy atom. The van der Waals surface area contributed by atoms with Crippen molar-refractivity contribution in [2.45, 2.75) is 46.5 Å². The van der Waals surface area contributed by atoms with Crippen LogP contribution in [-0.2, 0) is 4.74 Å². The lowest BCUT2D eigenvalue weighted by molar-refractivity contribution is 0.119. The van der Waals surface area contributed by atoms with E-state index in [1.165, 1.54) is 12.8 Å². The third-order valence-corrected chi connectivity index (χ3v) is 3.24. The van der Waals surface area contributed by atoms with Crippen molar-refractivity contribution in [1.82, 2.24) is 10.6 Å². The molecule has 4 heteroatoms. The van der Waals surface area contributed by atoms with Gasteiger partial charge in [0.15, 0.2) is 0 Å². The monoisotopic (exact) mass is 258 g/mol. The Bertz CT molecular complexity index is 208. The Hall–Kier alpha value is -0.770. The topological polar surface area (TPSA) is 50.4 Å². The second kappa shape index (κ2) is 11.3. The molecule has 0 radical (unpaired) electrons. The first-order valence-electron chi connectivity index (χ1n) is 7.13. The van der Waals surface area contributed by atoms with Gasteiger partial charge in [0.25, 0.3) is 0 Å². The first kappa shape index (κ1) is 17.2. The van der Waals surface area contributed by atoms with Crippen LogP contribution in [0.3, 0.4) is 0 Å². The van der Waals surface area contributed by atoms with E-state index >= 15 is 0 Å². The largest absolute Gasteiger partial charge is 0.449 e. The lowest BCUT2D eigenvalue weighted by Gasteiger charge is -2.15. The summed E-state index contributed by atoms with van der Waals surface area (Å²) in [7, 11) is 1.97. The first-order valence-corrected chi connectivity index (χ1v) is 7.13. The molecule has 0 spiro atoms. The van der Waals surface area contributed by atoms with Gasteiger partial charge in [-0.1, -0.05) is 33.6 Å². The molecule has 4 nitrogen and oxygen atoms in total. The predicted molar refractivity (Wildman–Crippen MR) is 75.7 cm³/mol. The van der Waals surface area contributed by atoms with E-state index in [2.05, 4.69) is 31.4 Å². The highest BCUT2D eigenvalue weighted by Gasteiger charge is 2.09. The van der Waals surface area contributed by atoms with Crippen molar-refractivity contribution in [3.63, 3.8) is 0 Å². The minimum absolute atomic E-state index is 0.280. The third kappa shape index (κ3) is 10.4. The van der Waals surface area contributed by atoms with E-state index in [0.29, 0.717) is 25.0 Å². The molecule has 0 aliphatic heterocycles. The molecule has 0 rings (SSSR count). The molecule has 108 valence electrons. The van der Waals surface area contributed by atoms with Crippen LogP contribution >= 0.6 is 0 Å². The maximum atomic E-state index is 11.4. The first-order chi connectivity index (χ1) is 8.57. The standard InChI is InChI=1S/C14H30N2O2/c1-12(2)13(3)11-18-14(17)16-10-8-6-5-7-9-15-4/h12-13,15H,5-11H2,1-4H3,(H,16,17)/t13-/m0/s1. The fraction of sp³-hybridized carbons (Fsp3) is 0.929. The molecule has 0 aromatic rings. The van der Waals surface area contributed by atoms with Gasteiger partial charge in [0, 0.05) is 6.54 Å². The van der Waals surface area contributed by atoms with Crippen molar-refractivity contribution in [3.8, 4) is 0 Å². The van der Waals surface area contributed by atoms with E-state index in [4.69, 9.17) is 4.74 Å². The third-order valence-electron chi connectivity index (χ3n) is 3.24. The summed E-state index contributed by atoms with van der Waals surface area (Å²) in [5.41, 5.74) is 0. The molecular formula is C14H30N2O2. The van der Waals surface area contributed by atoms with Crippen molar-refractivity contribution in [2.24, 2.45) is 11.8 Å². The molecule has 0 aliphatic carbocycles. The fourth-order valence-electron chi connectivity index (χ4n) is 1.42. The molecule has 0 saturated heterocycles. The van der Waals surface area contributed by atoms with Gasteiger partial charge >= 0.3 is 6.09 Å². The molecule has 0 unspecified atom stereocenters. The van der Waals surface area contributed by atoms with Gasteiger partial charge in [-0.15, -0.1) is 0 Å². The van der Waals surface area contributed by atoms with Crippen molar-refractivity contribution < 1.29 is 9.53 Å². The summed E-state index contributed by atoms with van der Waals surface area (Å²) in [5.74, 6) is 0.960. The number of amides is 1. The van der Waals surface area contributed by atoms with Crippen molar-refractivity contribution >= 4 is 6.09 Å². The molecule has 0 fully saturated rings. The molecule has 18 heavy (non-hydrogen) atoms. The Labute approximate surface area is 112 Å². The maximum Gasteiger partial charge on any atom is 0.407 e. The van der Waals surface area contributed by atoms with Crippen LogP contribution in [0.4, 0.5) is 4.79 Å². The Balaban J connectivity index is 3.32. The molecular weight excluding hydrogens is 228 g/mol. The Kier molecular flexibility index (Phi) is 10.8. The number of nitrogens with one attached hydrogen (secondary N) is 2. The lowest BCUT2D eigenvalue weighted by Crippen LogP contribution is -2.27. The van der Waals surface area contributed by atoms with E-state index in [0.717, 1.165) is 19.4 Å². The highest BCUT2D eigenvalue weighted by atomic mass is 16.5. The van der Waals surface area contributed by atoms with Crippen LogP contribution < -0.4 is 10.6 Å². The predicted octanol–water partition coefficient (Wildman–Crippen LogP) is 2.78. The number of ether oxygens (including phenoxy) is 1. The molecule has 2 N–H and O–H groups in total. The second-order valence-electron chi connectivity index (χ2n) is 5.26. The number of alkyl carbamates (subject to hydrolysis) is 1. The van der Waals surface area contributed by atoms with Crippen LogP contribution in [0.1, 0.15) is 46.5 Å². The van der Waals surface area contributed by atoms with E-state index in [1.54, 1.807) is 0 Å². The van der Waals surface area contributed by atoms with E-state index < -0.39 is 0 Å². The van der Waals surface area contributed by atoms with Crippen LogP contribution in [0.5, 0.6) is 0 Å². The molecule has 0 heterocycles. The molecule has 0 aliphatic rings. The summed E-state index contributed by atoms with van der Waals surface area (Å²) < 4.78 is 5.15. The van der Waals surface area contributed by atoms with Crippen LogP contribution in [-0.4, -0.2) is 32.8 Å². The zero-order valence-electron chi connectivity index (χ0n) is 12.4. The number of carbonyl (C=O) groups excluding carboxylic acids is 1. The maximum absolute atomic E-state index is 11.4. The van der Waals surface area contributed by atoms with Gasteiger partial charge in [0.2, 0.25) is 0 Å². The highest BCUT2D eigenvalue weighted by molar-refractivity contribution is 5.66. The average molecular weight is 258 g/mol. The smallest absolute Gasteiger partial charge is 0.407 e. The zero-order chi connectivity index (χ0) is 13.8. The SMILES string of the molecule is CNCCCCCCNC(=O)OC[C@H](C)C(C)C. The van der Waals surface area contributed by atoms with Gasteiger partial charge in [-0.2, -0.15) is 0 Å². The molecule has 0 bridgehead atoms. The van der Waals surface area contributed by atoms with Gasteiger partial charge < -0.3 is 15.4 Å². The van der Waals surface area contributed by atoms with Gasteiger partial charge in [0.1, 0.15) is 0 Å². The van der Waals surface area contributed by atoms with Crippen LogP contribution in [0.15, 0.2) is 0 Å². The summed E-state index contributed by atoms with van der Waals surface area (Å²) in [5, 5.41) is 5.91. The summed E-state index contributed by atoms with van der Waals surface area (Å²) in [4.78, 5) is 11.4. The quantitative estimate of drug-likeness (QED) is 0.592. The van der Waals surface area contributed by atoms with E-state index in [1.807, 2.05) is 7.05 Å². The van der Waals surface area contributed by atoms with Gasteiger partial charge in [-0.05, 0) is 38.3 Å². The number of carbonyl (C=O) groups is 1. The number of rotatable bonds is 10. The number of hydrogen-bond donors (Lipinski definition) is 2. The normalized spacial score (nSPS) is 12.5. The second-order valence-corrected chi connectivity index (χ2v) is 5.26. The van der Waals surface area contributed by atoms with Gasteiger partial charge in [-0.3, -0.25) is 0 Å². The van der Waals surface area contributed by atoms with Crippen LogP contribution in [0, 0.1) is 11.8 Å². The fourth-order valence-corrected chi connectivity index (χ4v) is 1.42. The van der Waals surface area contributed by atoms with Gasteiger partial charge in [-0.25, -0.2) is 4.79 Å². The number of hydrogen-bond acceptors (Lipinski definition) is 3. The highest BCUT2D eigenvalue weighted by Crippen LogP contribution is 2.09. The molecule has 0 aromatic heterocycles. The summed E-state index contributed by atoms with van der Waals surface area (Å²) in [6.45, 7) is 8.66. The summed E-state index contributed by atoms with van der Waals surface area (Å²) >= 11 is 0. The molecule has 0 aromatic carbocycles. The van der Waals surface area contributed by atoms with Gasteiger partial charge in [0.05, 0.1) is 6.61 Å². The minimum atomic E-state index is -0.280. The van der Waals surface area contributed by atoms with Crippen LogP contribution in [0.25, 0.3) is 0 Å². The van der Waals surface area contributed by atoms with Crippen molar-refractivity contribution in [1.29, 1.82) is 0 Å². The Morgan fingerprint density at radius 1 is 1.06 bits per heavy atom. The summed E-state index contributed by atoms with van der Waals surface area (Å²) in [6.07, 6.45) is 4.32. The van der Waals surface area contributed by atoms with E-state index in [9.17, 15) is 4.79 Å². The van der Waals surface area contributed by atoms with Crippen molar-refractivity contribution in [2.75, 3.05) is 26.7 Å².